The van der Waals surface area contributed by atoms with E-state index in [1.165, 1.54) is 0 Å². The monoisotopic (exact) mass is 300 g/mol. The Balaban J connectivity index is 2.91. The van der Waals surface area contributed by atoms with Crippen molar-refractivity contribution < 1.29 is 13.2 Å². The number of rotatable bonds is 9. The molecule has 0 radical (unpaired) electrons. The fourth-order valence-electron chi connectivity index (χ4n) is 1.70. The van der Waals surface area contributed by atoms with Crippen molar-refractivity contribution in [3.05, 3.63) is 23.8 Å². The van der Waals surface area contributed by atoms with Gasteiger partial charge in [-0.1, -0.05) is 20.3 Å². The second-order valence-electron chi connectivity index (χ2n) is 4.57. The van der Waals surface area contributed by atoms with E-state index >= 15 is 0 Å². The van der Waals surface area contributed by atoms with Crippen molar-refractivity contribution in [2.45, 2.75) is 44.6 Å². The van der Waals surface area contributed by atoms with Gasteiger partial charge in [0.2, 0.25) is 10.0 Å². The highest BCUT2D eigenvalue weighted by atomic mass is 32.2. The first-order chi connectivity index (χ1) is 9.55. The third-order valence-corrected chi connectivity index (χ3v) is 4.30. The van der Waals surface area contributed by atoms with Crippen molar-refractivity contribution in [1.29, 1.82) is 0 Å². The molecule has 0 aliphatic rings. The molecular formula is C14H24N2O3S. The predicted molar refractivity (Wildman–Crippen MR) is 80.2 cm³/mol. The number of ether oxygens (including phenoxy) is 1. The SMILES string of the molecule is CCCCNS(=O)(=O)c1ccc(OCCC)c(CN)c1. The van der Waals surface area contributed by atoms with E-state index in [9.17, 15) is 8.42 Å². The number of hydrogen-bond acceptors (Lipinski definition) is 4. The molecule has 20 heavy (non-hydrogen) atoms. The first kappa shape index (κ1) is 16.9. The molecule has 0 heterocycles. The number of sulfonamides is 1. The van der Waals surface area contributed by atoms with Crippen LogP contribution in [0, 0.1) is 0 Å². The van der Waals surface area contributed by atoms with E-state index in [4.69, 9.17) is 10.5 Å². The van der Waals surface area contributed by atoms with Crippen molar-refractivity contribution in [3.63, 3.8) is 0 Å². The highest BCUT2D eigenvalue weighted by molar-refractivity contribution is 7.89. The van der Waals surface area contributed by atoms with E-state index in [1.807, 2.05) is 13.8 Å². The minimum absolute atomic E-state index is 0.234. The zero-order valence-electron chi connectivity index (χ0n) is 12.2. The molecule has 1 aromatic carbocycles. The molecule has 0 spiro atoms. The lowest BCUT2D eigenvalue weighted by Crippen LogP contribution is -2.25. The third-order valence-electron chi connectivity index (χ3n) is 2.85. The fraction of sp³-hybridized carbons (Fsp3) is 0.571. The van der Waals surface area contributed by atoms with Crippen LogP contribution in [0.2, 0.25) is 0 Å². The quantitative estimate of drug-likeness (QED) is 0.684. The first-order valence-electron chi connectivity index (χ1n) is 7.00. The summed E-state index contributed by atoms with van der Waals surface area (Å²) in [5, 5.41) is 0. The van der Waals surface area contributed by atoms with Crippen LogP contribution in [0.5, 0.6) is 5.75 Å². The van der Waals surface area contributed by atoms with Crippen molar-refractivity contribution in [2.24, 2.45) is 5.73 Å². The van der Waals surface area contributed by atoms with Gasteiger partial charge < -0.3 is 10.5 Å². The standard InChI is InChI=1S/C14H24N2O3S/c1-3-5-8-16-20(17,18)13-6-7-14(19-9-4-2)12(10-13)11-15/h6-7,10,16H,3-5,8-9,11,15H2,1-2H3. The van der Waals surface area contributed by atoms with E-state index < -0.39 is 10.0 Å². The van der Waals surface area contributed by atoms with Gasteiger partial charge in [0.25, 0.3) is 0 Å². The first-order valence-corrected chi connectivity index (χ1v) is 8.49. The number of nitrogens with two attached hydrogens (primary N) is 1. The molecule has 5 nitrogen and oxygen atoms in total. The fourth-order valence-corrected chi connectivity index (χ4v) is 2.83. The molecule has 0 amide bonds. The minimum Gasteiger partial charge on any atom is -0.493 e. The summed E-state index contributed by atoms with van der Waals surface area (Å²) in [4.78, 5) is 0.234. The van der Waals surface area contributed by atoms with Crippen molar-refractivity contribution in [2.75, 3.05) is 13.2 Å². The minimum atomic E-state index is -3.46. The normalized spacial score (nSPS) is 11.6. The molecule has 1 rings (SSSR count). The lowest BCUT2D eigenvalue weighted by atomic mass is 10.2. The Morgan fingerprint density at radius 2 is 2.00 bits per heavy atom. The summed E-state index contributed by atoms with van der Waals surface area (Å²) in [6.07, 6.45) is 2.66. The number of nitrogens with one attached hydrogen (secondary N) is 1. The summed E-state index contributed by atoms with van der Waals surface area (Å²) in [5.74, 6) is 0.654. The average molecular weight is 300 g/mol. The summed E-state index contributed by atoms with van der Waals surface area (Å²) in [7, 11) is -3.46. The summed E-state index contributed by atoms with van der Waals surface area (Å²) in [6.45, 7) is 5.31. The molecule has 0 saturated heterocycles. The number of benzene rings is 1. The van der Waals surface area contributed by atoms with Crippen LogP contribution in [0.4, 0.5) is 0 Å². The molecule has 0 bridgehead atoms. The molecule has 3 N–H and O–H groups in total. The van der Waals surface area contributed by atoms with Crippen LogP contribution >= 0.6 is 0 Å². The molecule has 0 saturated carbocycles. The van der Waals surface area contributed by atoms with E-state index in [0.717, 1.165) is 19.3 Å². The zero-order valence-corrected chi connectivity index (χ0v) is 13.0. The molecule has 114 valence electrons. The summed E-state index contributed by atoms with van der Waals surface area (Å²) in [6, 6.07) is 4.81. The Hall–Kier alpha value is -1.11. The lowest BCUT2D eigenvalue weighted by molar-refractivity contribution is 0.314. The molecular weight excluding hydrogens is 276 g/mol. The molecule has 0 aliphatic carbocycles. The van der Waals surface area contributed by atoms with Gasteiger partial charge in [-0.2, -0.15) is 0 Å². The maximum atomic E-state index is 12.1. The Bertz CT molecular complexity index is 515. The Morgan fingerprint density at radius 1 is 1.25 bits per heavy atom. The molecule has 0 unspecified atom stereocenters. The van der Waals surface area contributed by atoms with Gasteiger partial charge >= 0.3 is 0 Å². The van der Waals surface area contributed by atoms with E-state index in [0.29, 0.717) is 24.5 Å². The van der Waals surface area contributed by atoms with Crippen molar-refractivity contribution >= 4 is 10.0 Å². The van der Waals surface area contributed by atoms with Crippen LogP contribution in [-0.4, -0.2) is 21.6 Å². The summed E-state index contributed by atoms with van der Waals surface area (Å²) < 4.78 is 32.3. The summed E-state index contributed by atoms with van der Waals surface area (Å²) >= 11 is 0. The third kappa shape index (κ3) is 4.77. The van der Waals surface area contributed by atoms with Crippen LogP contribution in [0.15, 0.2) is 23.1 Å². The van der Waals surface area contributed by atoms with Crippen LogP contribution in [0.25, 0.3) is 0 Å². The molecule has 0 fully saturated rings. The maximum Gasteiger partial charge on any atom is 0.240 e. The highest BCUT2D eigenvalue weighted by Gasteiger charge is 2.15. The Labute approximate surface area is 121 Å². The maximum absolute atomic E-state index is 12.1. The van der Waals surface area contributed by atoms with Gasteiger partial charge in [0.1, 0.15) is 5.75 Å². The van der Waals surface area contributed by atoms with Gasteiger partial charge in [-0.15, -0.1) is 0 Å². The van der Waals surface area contributed by atoms with E-state index in [2.05, 4.69) is 4.72 Å². The Morgan fingerprint density at radius 3 is 2.60 bits per heavy atom. The van der Waals surface area contributed by atoms with Crippen LogP contribution in [-0.2, 0) is 16.6 Å². The van der Waals surface area contributed by atoms with Gasteiger partial charge in [-0.3, -0.25) is 0 Å². The van der Waals surface area contributed by atoms with Crippen molar-refractivity contribution in [1.82, 2.24) is 4.72 Å². The van der Waals surface area contributed by atoms with Crippen LogP contribution in [0.1, 0.15) is 38.7 Å². The molecule has 1 aromatic rings. The lowest BCUT2D eigenvalue weighted by Gasteiger charge is -2.12. The largest absolute Gasteiger partial charge is 0.493 e. The van der Waals surface area contributed by atoms with Crippen LogP contribution in [0.3, 0.4) is 0 Å². The number of hydrogen-bond donors (Lipinski definition) is 2. The topological polar surface area (TPSA) is 81.4 Å². The smallest absolute Gasteiger partial charge is 0.240 e. The van der Waals surface area contributed by atoms with E-state index in [-0.39, 0.29) is 11.4 Å². The summed E-state index contributed by atoms with van der Waals surface area (Å²) in [5.41, 5.74) is 6.37. The average Bonchev–Trinajstić information content (AvgIpc) is 2.45. The molecule has 0 atom stereocenters. The van der Waals surface area contributed by atoms with E-state index in [1.54, 1.807) is 18.2 Å². The van der Waals surface area contributed by atoms with Gasteiger partial charge in [-0.05, 0) is 31.0 Å². The van der Waals surface area contributed by atoms with Crippen LogP contribution < -0.4 is 15.2 Å². The van der Waals surface area contributed by atoms with Gasteiger partial charge in [-0.25, -0.2) is 13.1 Å². The highest BCUT2D eigenvalue weighted by Crippen LogP contribution is 2.22. The van der Waals surface area contributed by atoms with Crippen molar-refractivity contribution in [3.8, 4) is 5.75 Å². The zero-order chi connectivity index (χ0) is 15.0. The van der Waals surface area contributed by atoms with Gasteiger partial charge in [0, 0.05) is 18.7 Å². The Kier molecular flexibility index (Phi) is 6.98. The second-order valence-corrected chi connectivity index (χ2v) is 6.34. The van der Waals surface area contributed by atoms with Gasteiger partial charge in [0.15, 0.2) is 0 Å². The predicted octanol–water partition coefficient (Wildman–Crippen LogP) is 2.01. The molecule has 0 aromatic heterocycles. The molecule has 6 heteroatoms. The number of unbranched alkanes of at least 4 members (excludes halogenated alkanes) is 1. The second kappa shape index (κ2) is 8.24. The molecule has 0 aliphatic heterocycles. The van der Waals surface area contributed by atoms with Gasteiger partial charge in [0.05, 0.1) is 11.5 Å².